The van der Waals surface area contributed by atoms with E-state index in [-0.39, 0.29) is 6.10 Å². The SMILES string of the molecule is CCNC(=S)N/N=C\c1ccc(OC(C)C)cc1. The molecule has 1 aromatic carbocycles. The van der Waals surface area contributed by atoms with Crippen LogP contribution < -0.4 is 15.5 Å². The zero-order chi connectivity index (χ0) is 13.4. The van der Waals surface area contributed by atoms with E-state index in [1.807, 2.05) is 45.0 Å². The normalized spacial score (nSPS) is 10.7. The molecule has 0 aliphatic heterocycles. The quantitative estimate of drug-likeness (QED) is 0.487. The summed E-state index contributed by atoms with van der Waals surface area (Å²) in [5.41, 5.74) is 3.72. The number of hydrogen-bond donors (Lipinski definition) is 2. The Morgan fingerprint density at radius 2 is 2.06 bits per heavy atom. The van der Waals surface area contributed by atoms with Crippen molar-refractivity contribution in [3.05, 3.63) is 29.8 Å². The Hall–Kier alpha value is -1.62. The molecule has 98 valence electrons. The zero-order valence-corrected chi connectivity index (χ0v) is 11.8. The molecule has 2 N–H and O–H groups in total. The number of thiocarbonyl (C=S) groups is 1. The molecule has 0 aliphatic carbocycles. The molecule has 4 nitrogen and oxygen atoms in total. The van der Waals surface area contributed by atoms with Gasteiger partial charge in [-0.15, -0.1) is 0 Å². The smallest absolute Gasteiger partial charge is 0.186 e. The minimum atomic E-state index is 0.184. The van der Waals surface area contributed by atoms with Crippen molar-refractivity contribution < 1.29 is 4.74 Å². The third-order valence-corrected chi connectivity index (χ3v) is 2.20. The maximum Gasteiger partial charge on any atom is 0.186 e. The molecule has 18 heavy (non-hydrogen) atoms. The van der Waals surface area contributed by atoms with Crippen LogP contribution in [0.1, 0.15) is 26.3 Å². The van der Waals surface area contributed by atoms with Crippen molar-refractivity contribution in [1.82, 2.24) is 10.7 Å². The van der Waals surface area contributed by atoms with Gasteiger partial charge in [0.15, 0.2) is 5.11 Å². The molecule has 0 amide bonds. The lowest BCUT2D eigenvalue weighted by Crippen LogP contribution is -2.31. The molecule has 0 aliphatic rings. The molecule has 0 heterocycles. The summed E-state index contributed by atoms with van der Waals surface area (Å²) in [6.45, 7) is 6.76. The Labute approximate surface area is 113 Å². The first-order chi connectivity index (χ1) is 8.61. The van der Waals surface area contributed by atoms with Gasteiger partial charge in [-0.1, -0.05) is 0 Å². The molecule has 0 fully saturated rings. The van der Waals surface area contributed by atoms with E-state index in [9.17, 15) is 0 Å². The minimum Gasteiger partial charge on any atom is -0.491 e. The molecular weight excluding hydrogens is 246 g/mol. The Kier molecular flexibility index (Phi) is 6.14. The van der Waals surface area contributed by atoms with Gasteiger partial charge in [-0.3, -0.25) is 5.43 Å². The third kappa shape index (κ3) is 5.63. The minimum absolute atomic E-state index is 0.184. The molecule has 1 aromatic rings. The van der Waals surface area contributed by atoms with Gasteiger partial charge < -0.3 is 10.1 Å². The predicted octanol–water partition coefficient (Wildman–Crippen LogP) is 2.29. The number of nitrogens with zero attached hydrogens (tertiary/aromatic N) is 1. The Morgan fingerprint density at radius 1 is 1.39 bits per heavy atom. The van der Waals surface area contributed by atoms with E-state index in [0.717, 1.165) is 17.9 Å². The van der Waals surface area contributed by atoms with E-state index >= 15 is 0 Å². The van der Waals surface area contributed by atoms with Crippen LogP contribution in [0.4, 0.5) is 0 Å². The number of hydrogen-bond acceptors (Lipinski definition) is 3. The molecular formula is C13H19N3OS. The first kappa shape index (κ1) is 14.4. The van der Waals surface area contributed by atoms with Crippen molar-refractivity contribution in [2.45, 2.75) is 26.9 Å². The average Bonchev–Trinajstić information content (AvgIpc) is 2.31. The molecule has 1 rings (SSSR count). The van der Waals surface area contributed by atoms with Crippen molar-refractivity contribution >= 4 is 23.5 Å². The summed E-state index contributed by atoms with van der Waals surface area (Å²) in [5, 5.41) is 7.50. The lowest BCUT2D eigenvalue weighted by Gasteiger charge is -2.09. The van der Waals surface area contributed by atoms with E-state index in [1.54, 1.807) is 6.21 Å². The second-order valence-electron chi connectivity index (χ2n) is 3.97. The van der Waals surface area contributed by atoms with Gasteiger partial charge in [0, 0.05) is 6.54 Å². The van der Waals surface area contributed by atoms with Crippen LogP contribution in [0, 0.1) is 0 Å². The maximum atomic E-state index is 5.55. The predicted molar refractivity (Wildman–Crippen MR) is 79.2 cm³/mol. The van der Waals surface area contributed by atoms with Crippen molar-refractivity contribution in [3.63, 3.8) is 0 Å². The first-order valence-corrected chi connectivity index (χ1v) is 6.36. The number of benzene rings is 1. The van der Waals surface area contributed by atoms with Crippen molar-refractivity contribution in [2.75, 3.05) is 6.54 Å². The van der Waals surface area contributed by atoms with Gasteiger partial charge in [0.25, 0.3) is 0 Å². The monoisotopic (exact) mass is 265 g/mol. The van der Waals surface area contributed by atoms with E-state index in [2.05, 4.69) is 15.8 Å². The molecule has 0 bridgehead atoms. The lowest BCUT2D eigenvalue weighted by molar-refractivity contribution is 0.242. The van der Waals surface area contributed by atoms with Gasteiger partial charge in [-0.2, -0.15) is 5.10 Å². The van der Waals surface area contributed by atoms with Crippen molar-refractivity contribution in [2.24, 2.45) is 5.10 Å². The van der Waals surface area contributed by atoms with Gasteiger partial charge in [-0.05, 0) is 62.8 Å². The van der Waals surface area contributed by atoms with Gasteiger partial charge in [0.1, 0.15) is 5.75 Å². The summed E-state index contributed by atoms with van der Waals surface area (Å²) >= 11 is 4.98. The van der Waals surface area contributed by atoms with Crippen LogP contribution in [-0.4, -0.2) is 24.0 Å². The summed E-state index contributed by atoms with van der Waals surface area (Å²) in [4.78, 5) is 0. The van der Waals surface area contributed by atoms with Gasteiger partial charge >= 0.3 is 0 Å². The Bertz CT molecular complexity index is 401. The Morgan fingerprint density at radius 3 is 2.61 bits per heavy atom. The van der Waals surface area contributed by atoms with Crippen LogP contribution >= 0.6 is 12.2 Å². The molecule has 0 saturated heterocycles. The number of hydrazone groups is 1. The molecule has 0 spiro atoms. The van der Waals surface area contributed by atoms with E-state index in [4.69, 9.17) is 17.0 Å². The van der Waals surface area contributed by atoms with Crippen LogP contribution in [0.25, 0.3) is 0 Å². The summed E-state index contributed by atoms with van der Waals surface area (Å²) in [7, 11) is 0. The van der Waals surface area contributed by atoms with Gasteiger partial charge in [0.2, 0.25) is 0 Å². The highest BCUT2D eigenvalue weighted by Crippen LogP contribution is 2.12. The molecule has 0 radical (unpaired) electrons. The maximum absolute atomic E-state index is 5.55. The van der Waals surface area contributed by atoms with Crippen LogP contribution in [-0.2, 0) is 0 Å². The largest absolute Gasteiger partial charge is 0.491 e. The van der Waals surface area contributed by atoms with E-state index in [1.165, 1.54) is 0 Å². The van der Waals surface area contributed by atoms with Crippen LogP contribution in [0.3, 0.4) is 0 Å². The van der Waals surface area contributed by atoms with E-state index < -0.39 is 0 Å². The summed E-state index contributed by atoms with van der Waals surface area (Å²) in [5.74, 6) is 0.860. The van der Waals surface area contributed by atoms with Crippen molar-refractivity contribution in [3.8, 4) is 5.75 Å². The molecule has 5 heteroatoms. The van der Waals surface area contributed by atoms with E-state index in [0.29, 0.717) is 5.11 Å². The first-order valence-electron chi connectivity index (χ1n) is 5.95. The molecule has 0 atom stereocenters. The highest BCUT2D eigenvalue weighted by Gasteiger charge is 1.96. The fourth-order valence-corrected chi connectivity index (χ4v) is 1.47. The number of ether oxygens (including phenoxy) is 1. The lowest BCUT2D eigenvalue weighted by atomic mass is 10.2. The van der Waals surface area contributed by atoms with Crippen molar-refractivity contribution in [1.29, 1.82) is 0 Å². The summed E-state index contributed by atoms with van der Waals surface area (Å²) in [6.07, 6.45) is 1.90. The number of nitrogens with one attached hydrogen (secondary N) is 2. The van der Waals surface area contributed by atoms with Crippen LogP contribution in [0.2, 0.25) is 0 Å². The Balaban J connectivity index is 2.48. The second-order valence-corrected chi connectivity index (χ2v) is 4.37. The molecule has 0 unspecified atom stereocenters. The highest BCUT2D eigenvalue weighted by atomic mass is 32.1. The second kappa shape index (κ2) is 7.66. The third-order valence-electron chi connectivity index (χ3n) is 1.97. The standard InChI is InChI=1S/C13H19N3OS/c1-4-14-13(18)16-15-9-11-5-7-12(8-6-11)17-10(2)3/h5-10H,4H2,1-3H3,(H2,14,16,18)/b15-9-. The van der Waals surface area contributed by atoms with Crippen LogP contribution in [0.5, 0.6) is 5.75 Å². The highest BCUT2D eigenvalue weighted by molar-refractivity contribution is 7.80. The number of rotatable bonds is 5. The molecule has 0 saturated carbocycles. The average molecular weight is 265 g/mol. The van der Waals surface area contributed by atoms with Gasteiger partial charge in [-0.25, -0.2) is 0 Å². The summed E-state index contributed by atoms with van der Waals surface area (Å²) < 4.78 is 5.55. The van der Waals surface area contributed by atoms with Gasteiger partial charge in [0.05, 0.1) is 12.3 Å². The summed E-state index contributed by atoms with van der Waals surface area (Å²) in [6, 6.07) is 7.73. The fourth-order valence-electron chi connectivity index (χ4n) is 1.27. The van der Waals surface area contributed by atoms with Crippen LogP contribution in [0.15, 0.2) is 29.4 Å². The zero-order valence-electron chi connectivity index (χ0n) is 10.9. The molecule has 0 aromatic heterocycles. The fraction of sp³-hybridized carbons (Fsp3) is 0.385. The topological polar surface area (TPSA) is 45.7 Å².